The Kier molecular flexibility index (Phi) is 26.3. The van der Waals surface area contributed by atoms with Crippen molar-refractivity contribution in [1.82, 2.24) is 55.0 Å². The van der Waals surface area contributed by atoms with Gasteiger partial charge < -0.3 is 30.2 Å². The van der Waals surface area contributed by atoms with Gasteiger partial charge in [0.1, 0.15) is 11.6 Å². The van der Waals surface area contributed by atoms with E-state index in [1.54, 1.807) is 53.5 Å². The summed E-state index contributed by atoms with van der Waals surface area (Å²) in [5.74, 6) is 0.833. The lowest BCUT2D eigenvalue weighted by molar-refractivity contribution is -0.125. The van der Waals surface area contributed by atoms with E-state index in [0.717, 1.165) is 84.7 Å². The zero-order valence-corrected chi connectivity index (χ0v) is 47.8. The topological polar surface area (TPSA) is 193 Å². The second-order valence-corrected chi connectivity index (χ2v) is 19.7. The minimum Gasteiger partial charge on any atom is -0.342 e. The van der Waals surface area contributed by atoms with Crippen molar-refractivity contribution in [2.45, 2.75) is 94.0 Å². The first-order valence-electron chi connectivity index (χ1n) is 28.1. The van der Waals surface area contributed by atoms with Crippen LogP contribution in [0.15, 0.2) is 96.2 Å². The molecule has 3 aromatic heterocycles. The standard InChI is InChI=1S/C34H46N8O2.C16H13FN2O.C6H10N2O2.C3H8.C2H6/c1-4-26-7-6-8-29(17-26)30-18-31(39-32(43)23-35-19-28-20-36-25(3)37-21-28)33(38-22-30)34(44)42-15-13-41(14-16-42)24-27-9-11-40(5-2)12-10-27;1-10-8-11(6-7-14(10)17)9-15-12-4-2-3-5-13(12)16(20)19-18-15;9-5-7-1-2-8(6-10)4-3-7;1-3-2;1-2/h6-8,17-18,20-22,27,35H,4-5,9-16,19,23-24H2,1-3H3,(H,39,43);2-8H,9H2,1H3,(H,19,20);5-6H,1-4H2;3H2,1-2H3;1-2H3. The fraction of sp³-hybridized carbons (Fsp3) is 0.459. The Morgan fingerprint density at radius 1 is 0.709 bits per heavy atom. The van der Waals surface area contributed by atoms with Crippen LogP contribution in [0.5, 0.6) is 0 Å². The molecule has 0 spiro atoms. The summed E-state index contributed by atoms with van der Waals surface area (Å²) in [6, 6.07) is 22.5. The molecule has 0 saturated carbocycles. The Bertz CT molecular complexity index is 2880. The maximum absolute atomic E-state index is 13.8. The lowest BCUT2D eigenvalue weighted by atomic mass is 9.96. The maximum atomic E-state index is 13.8. The third-order valence-corrected chi connectivity index (χ3v) is 13.8. The molecule has 0 aliphatic carbocycles. The summed E-state index contributed by atoms with van der Waals surface area (Å²) < 4.78 is 13.3. The van der Waals surface area contributed by atoms with Gasteiger partial charge in [0.05, 0.1) is 23.3 Å². The highest BCUT2D eigenvalue weighted by atomic mass is 19.1. The van der Waals surface area contributed by atoms with Crippen LogP contribution in [-0.2, 0) is 33.8 Å². The molecule has 4 amide bonds. The number of nitrogens with one attached hydrogen (secondary N) is 3. The Hall–Kier alpha value is -7.28. The van der Waals surface area contributed by atoms with Gasteiger partial charge in [-0.2, -0.15) is 5.10 Å². The number of aromatic amines is 1. The minimum absolute atomic E-state index is 0.0763. The highest BCUT2D eigenvalue weighted by Crippen LogP contribution is 2.27. The number of piperidine rings is 1. The lowest BCUT2D eigenvalue weighted by Crippen LogP contribution is -2.50. The van der Waals surface area contributed by atoms with Crippen molar-refractivity contribution >= 4 is 41.1 Å². The largest absolute Gasteiger partial charge is 0.342 e. The van der Waals surface area contributed by atoms with Crippen LogP contribution < -0.4 is 16.2 Å². The average molecular weight is 1080 g/mol. The van der Waals surface area contributed by atoms with Crippen LogP contribution in [0.3, 0.4) is 0 Å². The molecule has 6 heterocycles. The average Bonchev–Trinajstić information content (AvgIpc) is 3.49. The molecule has 9 rings (SSSR count). The second-order valence-electron chi connectivity index (χ2n) is 19.7. The lowest BCUT2D eigenvalue weighted by Gasteiger charge is -2.38. The van der Waals surface area contributed by atoms with Crippen molar-refractivity contribution in [3.63, 3.8) is 0 Å². The van der Waals surface area contributed by atoms with Gasteiger partial charge in [-0.3, -0.25) is 28.9 Å². The van der Waals surface area contributed by atoms with E-state index in [4.69, 9.17) is 0 Å². The molecular weight excluding hydrogens is 1000 g/mol. The van der Waals surface area contributed by atoms with Gasteiger partial charge in [-0.25, -0.2) is 24.4 Å². The minimum atomic E-state index is -0.243. The number of hydrogen-bond donors (Lipinski definition) is 3. The molecule has 424 valence electrons. The van der Waals surface area contributed by atoms with E-state index in [0.29, 0.717) is 74.7 Å². The summed E-state index contributed by atoms with van der Waals surface area (Å²) in [6.45, 7) is 27.0. The van der Waals surface area contributed by atoms with E-state index >= 15 is 0 Å². The SMILES string of the molecule is CC.CCC.CCc1cccc(-c2cnc(C(=O)N3CCN(CC4CCN(CC)CC4)CC3)c(NC(=O)CNCc3cnc(C)nc3)c2)c1.Cc1cc(Cc2n[nH]c(=O)c3ccccc23)ccc1F.O=CN1CCN(C=O)CC1. The van der Waals surface area contributed by atoms with Crippen LogP contribution >= 0.6 is 0 Å². The highest BCUT2D eigenvalue weighted by molar-refractivity contribution is 6.03. The Labute approximate surface area is 466 Å². The van der Waals surface area contributed by atoms with E-state index in [-0.39, 0.29) is 35.4 Å². The van der Waals surface area contributed by atoms with Crippen LogP contribution in [0.1, 0.15) is 105 Å². The third-order valence-electron chi connectivity index (χ3n) is 13.8. The van der Waals surface area contributed by atoms with Gasteiger partial charge in [-0.1, -0.05) is 103 Å². The molecule has 0 unspecified atom stereocenters. The fourth-order valence-corrected chi connectivity index (χ4v) is 9.28. The van der Waals surface area contributed by atoms with Crippen LogP contribution in [0.25, 0.3) is 21.9 Å². The number of carbonyl (C=O) groups is 4. The number of H-pyrrole nitrogens is 1. The predicted octanol–water partition coefficient (Wildman–Crippen LogP) is 7.95. The van der Waals surface area contributed by atoms with Crippen LogP contribution in [-0.4, -0.2) is 159 Å². The summed E-state index contributed by atoms with van der Waals surface area (Å²) >= 11 is 0. The number of pyridine rings is 1. The number of benzene rings is 3. The zero-order chi connectivity index (χ0) is 57.1. The molecule has 3 aliphatic rings. The second kappa shape index (κ2) is 33.2. The van der Waals surface area contributed by atoms with Gasteiger partial charge in [0.15, 0.2) is 5.69 Å². The van der Waals surface area contributed by atoms with E-state index in [9.17, 15) is 28.4 Å². The number of likely N-dealkylation sites (tertiary alicyclic amines) is 1. The summed E-state index contributed by atoms with van der Waals surface area (Å²) in [7, 11) is 0. The summed E-state index contributed by atoms with van der Waals surface area (Å²) in [6.07, 6.45) is 12.1. The van der Waals surface area contributed by atoms with Gasteiger partial charge in [-0.15, -0.1) is 0 Å². The zero-order valence-electron chi connectivity index (χ0n) is 47.8. The number of halogens is 1. The number of aryl methyl sites for hydroxylation is 3. The molecule has 0 radical (unpaired) electrons. The van der Waals surface area contributed by atoms with Gasteiger partial charge in [-0.05, 0) is 99.1 Å². The smallest absolute Gasteiger partial charge is 0.274 e. The first kappa shape index (κ1) is 62.6. The molecule has 0 atom stereocenters. The van der Waals surface area contributed by atoms with Gasteiger partial charge in [0, 0.05) is 107 Å². The number of carbonyl (C=O) groups excluding carboxylic acids is 4. The Morgan fingerprint density at radius 3 is 1.96 bits per heavy atom. The Balaban J connectivity index is 0.000000267. The van der Waals surface area contributed by atoms with Crippen molar-refractivity contribution in [3.8, 4) is 11.1 Å². The monoisotopic (exact) mass is 1080 g/mol. The van der Waals surface area contributed by atoms with Gasteiger partial charge in [0.25, 0.3) is 11.5 Å². The molecular formula is C61H83FN12O5. The molecule has 3 aliphatic heterocycles. The summed E-state index contributed by atoms with van der Waals surface area (Å²) in [5, 5.41) is 14.2. The predicted molar refractivity (Wildman–Crippen MR) is 312 cm³/mol. The van der Waals surface area contributed by atoms with E-state index in [1.165, 1.54) is 44.0 Å². The van der Waals surface area contributed by atoms with Crippen molar-refractivity contribution in [2.75, 3.05) is 90.4 Å². The molecule has 79 heavy (non-hydrogen) atoms. The van der Waals surface area contributed by atoms with Crippen molar-refractivity contribution in [3.05, 3.63) is 147 Å². The molecule has 3 N–H and O–H groups in total. The summed E-state index contributed by atoms with van der Waals surface area (Å²) in [4.78, 5) is 82.2. The van der Waals surface area contributed by atoms with Crippen molar-refractivity contribution in [1.29, 1.82) is 0 Å². The first-order chi connectivity index (χ1) is 38.3. The molecule has 6 aromatic rings. The van der Waals surface area contributed by atoms with Crippen LogP contribution in [0.4, 0.5) is 10.1 Å². The number of anilines is 1. The number of piperazine rings is 2. The molecule has 3 saturated heterocycles. The molecule has 0 bridgehead atoms. The summed E-state index contributed by atoms with van der Waals surface area (Å²) in [5.41, 5.74) is 6.84. The number of amides is 4. The third kappa shape index (κ3) is 19.5. The quantitative estimate of drug-likeness (QED) is 0.0843. The van der Waals surface area contributed by atoms with E-state index < -0.39 is 0 Å². The first-order valence-corrected chi connectivity index (χ1v) is 28.1. The van der Waals surface area contributed by atoms with Crippen molar-refractivity contribution < 1.29 is 23.6 Å². The van der Waals surface area contributed by atoms with Crippen LogP contribution in [0, 0.1) is 25.6 Å². The number of nitrogens with zero attached hydrogens (tertiary/aromatic N) is 9. The van der Waals surface area contributed by atoms with Crippen LogP contribution in [0.2, 0.25) is 0 Å². The van der Waals surface area contributed by atoms with Crippen molar-refractivity contribution in [2.24, 2.45) is 5.92 Å². The molecule has 17 nitrogen and oxygen atoms in total. The van der Waals surface area contributed by atoms with Gasteiger partial charge >= 0.3 is 0 Å². The Morgan fingerprint density at radius 2 is 1.35 bits per heavy atom. The normalized spacial score (nSPS) is 14.7. The number of aromatic nitrogens is 5. The number of rotatable bonds is 15. The molecule has 3 aromatic carbocycles. The van der Waals surface area contributed by atoms with Gasteiger partial charge in [0.2, 0.25) is 18.7 Å². The fourth-order valence-electron chi connectivity index (χ4n) is 9.28. The number of fused-ring (bicyclic) bond motifs is 1. The molecule has 18 heteroatoms. The van der Waals surface area contributed by atoms with E-state index in [2.05, 4.69) is 85.4 Å². The number of hydrogen-bond acceptors (Lipinski definition) is 12. The van der Waals surface area contributed by atoms with E-state index in [1.807, 2.05) is 62.1 Å². The maximum Gasteiger partial charge on any atom is 0.274 e. The highest BCUT2D eigenvalue weighted by Gasteiger charge is 2.28. The molecule has 3 fully saturated rings.